The fraction of sp³-hybridized carbons (Fsp3) is 1.00. The molecule has 0 bridgehead atoms. The van der Waals surface area contributed by atoms with Crippen LogP contribution in [0.5, 0.6) is 0 Å². The topological polar surface area (TPSA) is 52.0 Å². The Morgan fingerprint density at radius 3 is 1.22 bits per heavy atom. The van der Waals surface area contributed by atoms with Crippen LogP contribution >= 0.6 is 0 Å². The molecule has 0 spiro atoms. The van der Waals surface area contributed by atoms with Gasteiger partial charge in [0.05, 0.1) is 5.66 Å². The summed E-state index contributed by atoms with van der Waals surface area (Å²) in [5, 5.41) is 0. The van der Waals surface area contributed by atoms with Crippen LogP contribution < -0.4 is 11.5 Å². The summed E-state index contributed by atoms with van der Waals surface area (Å²) in [6.45, 7) is 3.98. The zero-order valence-electron chi connectivity index (χ0n) is 5.89. The van der Waals surface area contributed by atoms with E-state index in [1.54, 1.807) is 0 Å². The highest BCUT2D eigenvalue weighted by atomic mass is 19.0. The Kier molecular flexibility index (Phi) is 10.4. The Morgan fingerprint density at radius 2 is 1.22 bits per heavy atom. The fourth-order valence-electron chi connectivity index (χ4n) is 0.250. The molecular formula is C5H16F2N2. The molecular weight excluding hydrogens is 126 g/mol. The van der Waals surface area contributed by atoms with E-state index >= 15 is 0 Å². The van der Waals surface area contributed by atoms with Crippen LogP contribution in [-0.2, 0) is 0 Å². The van der Waals surface area contributed by atoms with Crippen molar-refractivity contribution in [3.05, 3.63) is 0 Å². The van der Waals surface area contributed by atoms with Gasteiger partial charge < -0.3 is 11.5 Å². The minimum Gasteiger partial charge on any atom is -0.314 e. The minimum absolute atomic E-state index is 0. The third-order valence-electron chi connectivity index (χ3n) is 1.32. The first-order chi connectivity index (χ1) is 3.12. The Morgan fingerprint density at radius 1 is 1.00 bits per heavy atom. The zero-order valence-corrected chi connectivity index (χ0v) is 5.89. The maximum absolute atomic E-state index is 5.49. The summed E-state index contributed by atoms with van der Waals surface area (Å²) in [5.41, 5.74) is 10.6. The molecule has 0 aromatic rings. The van der Waals surface area contributed by atoms with Gasteiger partial charge in [0.15, 0.2) is 0 Å². The van der Waals surface area contributed by atoms with Gasteiger partial charge in [-0.1, -0.05) is 13.8 Å². The number of nitrogens with two attached hydrogens (primary N) is 2. The van der Waals surface area contributed by atoms with E-state index in [0.717, 1.165) is 12.8 Å². The van der Waals surface area contributed by atoms with Crippen molar-refractivity contribution in [3.63, 3.8) is 0 Å². The number of hydrogen-bond donors (Lipinski definition) is 2. The Balaban J connectivity index is -0.000000180. The van der Waals surface area contributed by atoms with Gasteiger partial charge in [0.25, 0.3) is 0 Å². The van der Waals surface area contributed by atoms with Gasteiger partial charge in [-0.05, 0) is 12.8 Å². The van der Waals surface area contributed by atoms with E-state index in [1.807, 2.05) is 13.8 Å². The van der Waals surface area contributed by atoms with E-state index in [4.69, 9.17) is 11.5 Å². The summed E-state index contributed by atoms with van der Waals surface area (Å²) in [5.74, 6) is 0. The molecule has 4 N–H and O–H groups in total. The first-order valence-electron chi connectivity index (χ1n) is 2.70. The van der Waals surface area contributed by atoms with E-state index in [0.29, 0.717) is 0 Å². The lowest BCUT2D eigenvalue weighted by Gasteiger charge is -2.19. The van der Waals surface area contributed by atoms with Crippen molar-refractivity contribution in [2.75, 3.05) is 0 Å². The van der Waals surface area contributed by atoms with Crippen molar-refractivity contribution >= 4 is 0 Å². The molecule has 0 fully saturated rings. The van der Waals surface area contributed by atoms with Gasteiger partial charge in [-0.25, -0.2) is 0 Å². The number of rotatable bonds is 2. The fourth-order valence-corrected chi connectivity index (χ4v) is 0.250. The molecule has 0 saturated heterocycles. The van der Waals surface area contributed by atoms with Crippen LogP contribution in [0.25, 0.3) is 0 Å². The Labute approximate surface area is 54.3 Å². The second-order valence-corrected chi connectivity index (χ2v) is 1.94. The lowest BCUT2D eigenvalue weighted by Crippen LogP contribution is -2.47. The van der Waals surface area contributed by atoms with Crippen LogP contribution in [0.3, 0.4) is 0 Å². The summed E-state index contributed by atoms with van der Waals surface area (Å²) in [7, 11) is 0. The van der Waals surface area contributed by atoms with Crippen LogP contribution in [0.4, 0.5) is 9.41 Å². The van der Waals surface area contributed by atoms with Crippen molar-refractivity contribution in [2.24, 2.45) is 11.5 Å². The molecule has 0 aliphatic carbocycles. The summed E-state index contributed by atoms with van der Waals surface area (Å²) in [6.07, 6.45) is 1.70. The Hall–Kier alpha value is -0.220. The second-order valence-electron chi connectivity index (χ2n) is 1.94. The maximum atomic E-state index is 5.49. The first kappa shape index (κ1) is 15.9. The van der Waals surface area contributed by atoms with E-state index in [9.17, 15) is 0 Å². The molecule has 0 atom stereocenters. The molecule has 0 aromatic carbocycles. The van der Waals surface area contributed by atoms with Crippen molar-refractivity contribution in [1.82, 2.24) is 0 Å². The molecule has 2 nitrogen and oxygen atoms in total. The van der Waals surface area contributed by atoms with Gasteiger partial charge in [0.2, 0.25) is 0 Å². The standard InChI is InChI=1S/C5H14N2.2FH/c1-3-5(6,7)4-2;;/h3-4,6-7H2,1-2H3;2*1H. The lowest BCUT2D eigenvalue weighted by atomic mass is 10.1. The molecule has 4 heteroatoms. The molecule has 0 unspecified atom stereocenters. The van der Waals surface area contributed by atoms with Gasteiger partial charge in [-0.2, -0.15) is 0 Å². The Bertz CT molecular complexity index is 50.9. The van der Waals surface area contributed by atoms with E-state index < -0.39 is 5.66 Å². The van der Waals surface area contributed by atoms with Gasteiger partial charge in [0.1, 0.15) is 0 Å². The summed E-state index contributed by atoms with van der Waals surface area (Å²) < 4.78 is 0. The monoisotopic (exact) mass is 142 g/mol. The largest absolute Gasteiger partial charge is 0.314 e. The highest BCUT2D eigenvalue weighted by molar-refractivity contribution is 4.70. The van der Waals surface area contributed by atoms with Crippen molar-refractivity contribution in [2.45, 2.75) is 32.4 Å². The summed E-state index contributed by atoms with van der Waals surface area (Å²) >= 11 is 0. The summed E-state index contributed by atoms with van der Waals surface area (Å²) in [4.78, 5) is 0. The molecule has 60 valence electrons. The SMILES string of the molecule is CCC(N)(N)CC.F.F. The molecule has 0 aliphatic rings. The molecule has 0 saturated carbocycles. The average molecular weight is 142 g/mol. The van der Waals surface area contributed by atoms with E-state index in [1.165, 1.54) is 0 Å². The predicted octanol–water partition coefficient (Wildman–Crippen LogP) is 0.725. The normalized spacial score (nSPS) is 9.33. The van der Waals surface area contributed by atoms with Crippen molar-refractivity contribution in [3.8, 4) is 0 Å². The van der Waals surface area contributed by atoms with Gasteiger partial charge in [0, 0.05) is 0 Å². The number of hydrogen-bond acceptors (Lipinski definition) is 2. The second kappa shape index (κ2) is 5.91. The van der Waals surface area contributed by atoms with Crippen LogP contribution in [-0.4, -0.2) is 5.66 Å². The number of halogens is 2. The smallest absolute Gasteiger partial charge is 0.0631 e. The third kappa shape index (κ3) is 7.78. The van der Waals surface area contributed by atoms with Crippen LogP contribution in [0.1, 0.15) is 26.7 Å². The highest BCUT2D eigenvalue weighted by Crippen LogP contribution is 1.99. The van der Waals surface area contributed by atoms with Gasteiger partial charge in [-0.3, -0.25) is 9.41 Å². The molecule has 0 rings (SSSR count). The highest BCUT2D eigenvalue weighted by Gasteiger charge is 2.10. The maximum Gasteiger partial charge on any atom is 0.0631 e. The summed E-state index contributed by atoms with van der Waals surface area (Å²) in [6, 6.07) is 0. The average Bonchev–Trinajstić information content (AvgIpc) is 1.68. The van der Waals surface area contributed by atoms with Crippen LogP contribution in [0.15, 0.2) is 0 Å². The molecule has 0 radical (unpaired) electrons. The first-order valence-corrected chi connectivity index (χ1v) is 2.70. The lowest BCUT2D eigenvalue weighted by molar-refractivity contribution is 0.412. The third-order valence-corrected chi connectivity index (χ3v) is 1.32. The quantitative estimate of drug-likeness (QED) is 0.558. The van der Waals surface area contributed by atoms with Gasteiger partial charge in [-0.15, -0.1) is 0 Å². The van der Waals surface area contributed by atoms with E-state index in [-0.39, 0.29) is 9.41 Å². The van der Waals surface area contributed by atoms with Crippen LogP contribution in [0.2, 0.25) is 0 Å². The molecule has 0 heterocycles. The predicted molar refractivity (Wildman–Crippen MR) is 36.7 cm³/mol. The van der Waals surface area contributed by atoms with E-state index in [2.05, 4.69) is 0 Å². The van der Waals surface area contributed by atoms with Crippen LogP contribution in [0, 0.1) is 0 Å². The van der Waals surface area contributed by atoms with Gasteiger partial charge >= 0.3 is 0 Å². The molecule has 0 aliphatic heterocycles. The molecule has 0 amide bonds. The van der Waals surface area contributed by atoms with Crippen molar-refractivity contribution in [1.29, 1.82) is 0 Å². The molecule has 9 heavy (non-hydrogen) atoms. The zero-order chi connectivity index (χ0) is 5.91. The molecule has 0 aromatic heterocycles. The van der Waals surface area contributed by atoms with Crippen molar-refractivity contribution < 1.29 is 9.41 Å². The minimum atomic E-state index is -0.417.